The Kier molecular flexibility index (Phi) is 5.28. The number of furan rings is 2. The van der Waals surface area contributed by atoms with Gasteiger partial charge in [0.1, 0.15) is 11.2 Å². The Labute approximate surface area is 160 Å². The quantitative estimate of drug-likeness (QED) is 0.435. The van der Waals surface area contributed by atoms with Gasteiger partial charge in [0.15, 0.2) is 0 Å². The number of nitrogens with zero attached hydrogens (tertiary/aromatic N) is 2. The van der Waals surface area contributed by atoms with Crippen LogP contribution in [-0.4, -0.2) is 37.0 Å². The van der Waals surface area contributed by atoms with Crippen LogP contribution in [0.25, 0.3) is 21.9 Å². The van der Waals surface area contributed by atoms with Crippen LogP contribution in [0, 0.1) is 0 Å². The van der Waals surface area contributed by atoms with Gasteiger partial charge in [-0.15, -0.1) is 0 Å². The van der Waals surface area contributed by atoms with Gasteiger partial charge in [0.05, 0.1) is 12.5 Å². The van der Waals surface area contributed by atoms with Gasteiger partial charge in [0, 0.05) is 35.0 Å². The Hall–Kier alpha value is -2.56. The highest BCUT2D eigenvalue weighted by Gasteiger charge is 2.10. The predicted molar refractivity (Wildman–Crippen MR) is 110 cm³/mol. The lowest BCUT2D eigenvalue weighted by Gasteiger charge is -2.19. The second-order valence-corrected chi connectivity index (χ2v) is 7.34. The maximum Gasteiger partial charge on any atom is 0.134 e. The first kappa shape index (κ1) is 17.8. The monoisotopic (exact) mass is 362 g/mol. The maximum absolute atomic E-state index is 5.64. The molecular formula is C23H26N2O2. The molecule has 0 N–H and O–H groups in total. The number of para-hydroxylation sites is 2. The Morgan fingerprint density at radius 1 is 0.667 bits per heavy atom. The van der Waals surface area contributed by atoms with E-state index in [9.17, 15) is 0 Å². The molecular weight excluding hydrogens is 336 g/mol. The molecule has 0 fully saturated rings. The van der Waals surface area contributed by atoms with Crippen molar-refractivity contribution in [1.29, 1.82) is 0 Å². The summed E-state index contributed by atoms with van der Waals surface area (Å²) in [7, 11) is 4.34. The van der Waals surface area contributed by atoms with Crippen LogP contribution in [0.5, 0.6) is 0 Å². The standard InChI is InChI=1S/C23H26N2O2/c1-24(14-18-16-26-22-10-5-3-8-20(18)22)12-7-13-25(2)15-19-17-27-23-11-6-4-9-21(19)23/h3-6,8-11,16-17H,7,12-15H2,1-2H3. The van der Waals surface area contributed by atoms with E-state index in [4.69, 9.17) is 8.83 Å². The first-order chi connectivity index (χ1) is 13.2. The van der Waals surface area contributed by atoms with Crippen LogP contribution < -0.4 is 0 Å². The van der Waals surface area contributed by atoms with E-state index in [-0.39, 0.29) is 0 Å². The van der Waals surface area contributed by atoms with Gasteiger partial charge < -0.3 is 18.6 Å². The first-order valence-corrected chi connectivity index (χ1v) is 9.48. The van der Waals surface area contributed by atoms with Crippen LogP contribution in [0.1, 0.15) is 17.5 Å². The normalized spacial score (nSPS) is 12.0. The fourth-order valence-corrected chi connectivity index (χ4v) is 3.66. The molecule has 0 atom stereocenters. The third-order valence-electron chi connectivity index (χ3n) is 5.08. The fraction of sp³-hybridized carbons (Fsp3) is 0.304. The summed E-state index contributed by atoms with van der Waals surface area (Å²) in [5, 5.41) is 2.43. The molecule has 4 heteroatoms. The summed E-state index contributed by atoms with van der Waals surface area (Å²) < 4.78 is 11.3. The van der Waals surface area contributed by atoms with Crippen LogP contribution in [0.2, 0.25) is 0 Å². The van der Waals surface area contributed by atoms with Gasteiger partial charge in [-0.25, -0.2) is 0 Å². The van der Waals surface area contributed by atoms with Gasteiger partial charge in [0.2, 0.25) is 0 Å². The molecule has 2 heterocycles. The molecule has 0 aliphatic carbocycles. The van der Waals surface area contributed by atoms with E-state index in [0.29, 0.717) is 0 Å². The molecule has 4 nitrogen and oxygen atoms in total. The summed E-state index contributed by atoms with van der Waals surface area (Å²) in [6.45, 7) is 3.92. The first-order valence-electron chi connectivity index (χ1n) is 9.48. The van der Waals surface area contributed by atoms with Crippen LogP contribution in [0.15, 0.2) is 69.9 Å². The third kappa shape index (κ3) is 4.07. The van der Waals surface area contributed by atoms with Crippen LogP contribution in [0.3, 0.4) is 0 Å². The van der Waals surface area contributed by atoms with E-state index >= 15 is 0 Å². The molecule has 0 aliphatic rings. The highest BCUT2D eigenvalue weighted by molar-refractivity contribution is 5.81. The summed E-state index contributed by atoms with van der Waals surface area (Å²) in [5.74, 6) is 0. The van der Waals surface area contributed by atoms with E-state index in [1.54, 1.807) is 0 Å². The number of hydrogen-bond acceptors (Lipinski definition) is 4. The molecule has 0 unspecified atom stereocenters. The molecule has 140 valence electrons. The van der Waals surface area contributed by atoms with Gasteiger partial charge in [0.25, 0.3) is 0 Å². The molecule has 4 rings (SSSR count). The smallest absolute Gasteiger partial charge is 0.134 e. The van der Waals surface area contributed by atoms with Crippen molar-refractivity contribution in [2.45, 2.75) is 19.5 Å². The zero-order chi connectivity index (χ0) is 18.6. The van der Waals surface area contributed by atoms with Gasteiger partial charge in [-0.05, 0) is 45.7 Å². The average Bonchev–Trinajstić information content (AvgIpc) is 3.27. The highest BCUT2D eigenvalue weighted by Crippen LogP contribution is 2.23. The van der Waals surface area contributed by atoms with Crippen molar-refractivity contribution in [3.05, 3.63) is 72.2 Å². The summed E-state index contributed by atoms with van der Waals surface area (Å²) in [6, 6.07) is 16.5. The topological polar surface area (TPSA) is 32.8 Å². The molecule has 0 aliphatic heterocycles. The lowest BCUT2D eigenvalue weighted by Crippen LogP contribution is -2.25. The van der Waals surface area contributed by atoms with Crippen molar-refractivity contribution in [2.75, 3.05) is 27.2 Å². The molecule has 0 radical (unpaired) electrons. The molecule has 0 bridgehead atoms. The summed E-state index contributed by atoms with van der Waals surface area (Å²) >= 11 is 0. The highest BCUT2D eigenvalue weighted by atomic mass is 16.3. The van der Waals surface area contributed by atoms with Crippen molar-refractivity contribution in [2.24, 2.45) is 0 Å². The van der Waals surface area contributed by atoms with E-state index in [1.807, 2.05) is 36.8 Å². The van der Waals surface area contributed by atoms with Crippen molar-refractivity contribution >= 4 is 21.9 Å². The van der Waals surface area contributed by atoms with Crippen LogP contribution >= 0.6 is 0 Å². The summed E-state index contributed by atoms with van der Waals surface area (Å²) in [4.78, 5) is 4.72. The Bertz CT molecular complexity index is 935. The van der Waals surface area contributed by atoms with Crippen LogP contribution in [-0.2, 0) is 13.1 Å². The van der Waals surface area contributed by atoms with E-state index < -0.39 is 0 Å². The van der Waals surface area contributed by atoms with Crippen LogP contribution in [0.4, 0.5) is 0 Å². The number of rotatable bonds is 8. The third-order valence-corrected chi connectivity index (χ3v) is 5.08. The number of fused-ring (bicyclic) bond motifs is 2. The predicted octanol–water partition coefficient (Wildman–Crippen LogP) is 5.13. The largest absolute Gasteiger partial charge is 0.464 e. The lowest BCUT2D eigenvalue weighted by atomic mass is 10.1. The minimum Gasteiger partial charge on any atom is -0.464 e. The molecule has 0 saturated carbocycles. The van der Waals surface area contributed by atoms with E-state index in [0.717, 1.165) is 43.8 Å². The van der Waals surface area contributed by atoms with Crippen molar-refractivity contribution in [1.82, 2.24) is 9.80 Å². The van der Waals surface area contributed by atoms with E-state index in [2.05, 4.69) is 48.2 Å². The van der Waals surface area contributed by atoms with Gasteiger partial charge >= 0.3 is 0 Å². The molecule has 0 amide bonds. The second-order valence-electron chi connectivity index (χ2n) is 7.34. The molecule has 2 aromatic heterocycles. The summed E-state index contributed by atoms with van der Waals surface area (Å²) in [5.41, 5.74) is 4.44. The zero-order valence-corrected chi connectivity index (χ0v) is 16.0. The van der Waals surface area contributed by atoms with Gasteiger partial charge in [-0.1, -0.05) is 36.4 Å². The SMILES string of the molecule is CN(CCCN(C)Cc1coc2ccccc12)Cc1coc2ccccc12. The molecule has 2 aromatic carbocycles. The Morgan fingerprint density at radius 2 is 1.11 bits per heavy atom. The molecule has 4 aromatic rings. The van der Waals surface area contributed by atoms with Gasteiger partial charge in [-0.2, -0.15) is 0 Å². The minimum absolute atomic E-state index is 0.910. The zero-order valence-electron chi connectivity index (χ0n) is 16.0. The van der Waals surface area contributed by atoms with Crippen molar-refractivity contribution < 1.29 is 8.83 Å². The fourth-order valence-electron chi connectivity index (χ4n) is 3.66. The molecule has 0 saturated heterocycles. The molecule has 27 heavy (non-hydrogen) atoms. The second kappa shape index (κ2) is 7.99. The number of hydrogen-bond donors (Lipinski definition) is 0. The molecule has 0 spiro atoms. The van der Waals surface area contributed by atoms with Gasteiger partial charge in [-0.3, -0.25) is 0 Å². The Morgan fingerprint density at radius 3 is 1.59 bits per heavy atom. The lowest BCUT2D eigenvalue weighted by molar-refractivity contribution is 0.270. The maximum atomic E-state index is 5.64. The van der Waals surface area contributed by atoms with E-state index in [1.165, 1.54) is 21.9 Å². The Balaban J connectivity index is 1.26. The van der Waals surface area contributed by atoms with Crippen molar-refractivity contribution in [3.8, 4) is 0 Å². The minimum atomic E-state index is 0.910. The summed E-state index contributed by atoms with van der Waals surface area (Å²) in [6.07, 6.45) is 4.90. The average molecular weight is 362 g/mol. The number of benzene rings is 2. The van der Waals surface area contributed by atoms with Crippen molar-refractivity contribution in [3.63, 3.8) is 0 Å².